The molecular weight excluding hydrogens is 160 g/mol. The monoisotopic (exact) mass is 174 g/mol. The summed E-state index contributed by atoms with van der Waals surface area (Å²) >= 11 is 0. The van der Waals surface area contributed by atoms with Crippen LogP contribution in [0.1, 0.15) is 13.8 Å². The van der Waals surface area contributed by atoms with Gasteiger partial charge in [-0.2, -0.15) is 0 Å². The van der Waals surface area contributed by atoms with Crippen molar-refractivity contribution in [1.82, 2.24) is 5.32 Å². The summed E-state index contributed by atoms with van der Waals surface area (Å²) in [6.45, 7) is 3.45. The third-order valence-electron chi connectivity index (χ3n) is 1.59. The fourth-order valence-corrected chi connectivity index (χ4v) is 0.541. The Balaban J connectivity index is 3.68. The summed E-state index contributed by atoms with van der Waals surface area (Å²) in [5.74, 6) is -1.71. The van der Waals surface area contributed by atoms with Crippen molar-refractivity contribution in [3.05, 3.63) is 0 Å². The van der Waals surface area contributed by atoms with E-state index in [9.17, 15) is 9.59 Å². The normalized spacial score (nSPS) is 15.2. The number of carboxylic acid groups (broad SMARTS) is 1. The number of carbonyl (C=O) groups is 2. The van der Waals surface area contributed by atoms with Crippen molar-refractivity contribution in [2.45, 2.75) is 19.9 Å². The van der Waals surface area contributed by atoms with Crippen LogP contribution in [0, 0.1) is 5.92 Å². The molecule has 0 aromatic carbocycles. The number of carbonyl (C=O) groups excluding carboxylic acids is 1. The van der Waals surface area contributed by atoms with Gasteiger partial charge >= 0.3 is 5.97 Å². The second-order valence-corrected chi connectivity index (χ2v) is 2.77. The van der Waals surface area contributed by atoms with Crippen molar-refractivity contribution >= 4 is 11.9 Å². The number of nitrogens with two attached hydrogens (primary N) is 1. The van der Waals surface area contributed by atoms with E-state index < -0.39 is 17.9 Å². The molecule has 4 N–H and O–H groups in total. The van der Waals surface area contributed by atoms with Crippen LogP contribution in [0.15, 0.2) is 0 Å². The molecule has 0 aliphatic rings. The van der Waals surface area contributed by atoms with E-state index in [0.29, 0.717) is 6.54 Å². The van der Waals surface area contributed by atoms with Gasteiger partial charge in [-0.05, 0) is 6.92 Å². The minimum atomic E-state index is -0.938. The van der Waals surface area contributed by atoms with Gasteiger partial charge in [-0.25, -0.2) is 0 Å². The van der Waals surface area contributed by atoms with E-state index in [1.807, 2.05) is 0 Å². The van der Waals surface area contributed by atoms with E-state index in [4.69, 9.17) is 10.8 Å². The molecule has 0 saturated heterocycles. The van der Waals surface area contributed by atoms with Crippen molar-refractivity contribution in [1.29, 1.82) is 0 Å². The van der Waals surface area contributed by atoms with Gasteiger partial charge in [-0.3, -0.25) is 9.59 Å². The second-order valence-electron chi connectivity index (χ2n) is 2.77. The molecule has 0 fully saturated rings. The Morgan fingerprint density at radius 2 is 2.00 bits per heavy atom. The van der Waals surface area contributed by atoms with Crippen LogP contribution in [0.2, 0.25) is 0 Å². The molecule has 1 unspecified atom stereocenters. The highest BCUT2D eigenvalue weighted by Crippen LogP contribution is 1.91. The molecule has 0 spiro atoms. The first-order chi connectivity index (χ1) is 5.45. The lowest BCUT2D eigenvalue weighted by molar-refractivity contribution is -0.139. The van der Waals surface area contributed by atoms with Crippen molar-refractivity contribution in [2.75, 3.05) is 6.54 Å². The lowest BCUT2D eigenvalue weighted by atomic mass is 10.1. The highest BCUT2D eigenvalue weighted by molar-refractivity contribution is 5.76. The maximum Gasteiger partial charge on any atom is 0.320 e. The lowest BCUT2D eigenvalue weighted by Crippen LogP contribution is -2.39. The van der Waals surface area contributed by atoms with E-state index in [1.54, 1.807) is 6.92 Å². The Morgan fingerprint density at radius 1 is 1.50 bits per heavy atom. The van der Waals surface area contributed by atoms with Crippen LogP contribution in [-0.2, 0) is 9.59 Å². The molecule has 12 heavy (non-hydrogen) atoms. The molecule has 0 bridgehead atoms. The van der Waals surface area contributed by atoms with Crippen molar-refractivity contribution in [3.63, 3.8) is 0 Å². The standard InChI is InChI=1S/C7H14N2O3/c1-4(6(8)10)3-9-5(2)7(11)12/h4-5,9H,3H2,1-2H3,(H2,8,10)(H,11,12)/t4?,5-/m1/s1. The summed E-state index contributed by atoms with van der Waals surface area (Å²) in [4.78, 5) is 20.8. The first-order valence-corrected chi connectivity index (χ1v) is 3.70. The third kappa shape index (κ3) is 3.92. The van der Waals surface area contributed by atoms with Gasteiger partial charge in [0.2, 0.25) is 5.91 Å². The van der Waals surface area contributed by atoms with E-state index in [2.05, 4.69) is 5.32 Å². The molecule has 0 aromatic heterocycles. The minimum Gasteiger partial charge on any atom is -0.480 e. The largest absolute Gasteiger partial charge is 0.480 e. The number of aliphatic carboxylic acids is 1. The second kappa shape index (κ2) is 4.71. The Labute approximate surface area is 70.9 Å². The number of primary amides is 1. The molecule has 5 heteroatoms. The molecule has 0 aliphatic carbocycles. The van der Waals surface area contributed by atoms with Gasteiger partial charge in [-0.15, -0.1) is 0 Å². The summed E-state index contributed by atoms with van der Waals surface area (Å²) in [5.41, 5.74) is 4.97. The number of amides is 1. The van der Waals surface area contributed by atoms with E-state index in [0.717, 1.165) is 0 Å². The maximum absolute atomic E-state index is 10.5. The van der Waals surface area contributed by atoms with Gasteiger partial charge in [0, 0.05) is 12.5 Å². The molecule has 2 atom stereocenters. The van der Waals surface area contributed by atoms with Gasteiger partial charge in [0.05, 0.1) is 0 Å². The van der Waals surface area contributed by atoms with Crippen LogP contribution >= 0.6 is 0 Å². The van der Waals surface area contributed by atoms with E-state index in [1.165, 1.54) is 6.92 Å². The van der Waals surface area contributed by atoms with Crippen LogP contribution in [0.5, 0.6) is 0 Å². The summed E-state index contributed by atoms with van der Waals surface area (Å²) in [7, 11) is 0. The summed E-state index contributed by atoms with van der Waals surface area (Å²) < 4.78 is 0. The van der Waals surface area contributed by atoms with Crippen molar-refractivity contribution < 1.29 is 14.7 Å². The van der Waals surface area contributed by atoms with Crippen LogP contribution in [0.3, 0.4) is 0 Å². The predicted molar refractivity (Wildman–Crippen MR) is 43.5 cm³/mol. The first-order valence-electron chi connectivity index (χ1n) is 3.70. The fourth-order valence-electron chi connectivity index (χ4n) is 0.541. The number of hydrogen-bond donors (Lipinski definition) is 3. The average Bonchev–Trinajstić information content (AvgIpc) is 1.98. The zero-order valence-corrected chi connectivity index (χ0v) is 7.20. The smallest absolute Gasteiger partial charge is 0.320 e. The zero-order chi connectivity index (χ0) is 9.72. The van der Waals surface area contributed by atoms with Crippen LogP contribution < -0.4 is 11.1 Å². The predicted octanol–water partition coefficient (Wildman–Crippen LogP) is -0.829. The van der Waals surface area contributed by atoms with Crippen molar-refractivity contribution in [2.24, 2.45) is 11.7 Å². The minimum absolute atomic E-state index is 0.294. The number of carboxylic acids is 1. The molecule has 5 nitrogen and oxygen atoms in total. The topological polar surface area (TPSA) is 92.4 Å². The van der Waals surface area contributed by atoms with Crippen LogP contribution in [0.25, 0.3) is 0 Å². The van der Waals surface area contributed by atoms with E-state index in [-0.39, 0.29) is 5.92 Å². The fraction of sp³-hybridized carbons (Fsp3) is 0.714. The zero-order valence-electron chi connectivity index (χ0n) is 7.20. The highest BCUT2D eigenvalue weighted by Gasteiger charge is 2.13. The number of rotatable bonds is 5. The summed E-state index contributed by atoms with van der Waals surface area (Å²) in [6.07, 6.45) is 0. The molecular formula is C7H14N2O3. The summed E-state index contributed by atoms with van der Waals surface area (Å²) in [6, 6.07) is -0.646. The molecule has 0 saturated carbocycles. The van der Waals surface area contributed by atoms with E-state index >= 15 is 0 Å². The Bertz CT molecular complexity index is 161. The molecule has 0 heterocycles. The quantitative estimate of drug-likeness (QED) is 0.507. The molecule has 70 valence electrons. The Morgan fingerprint density at radius 3 is 2.33 bits per heavy atom. The lowest BCUT2D eigenvalue weighted by Gasteiger charge is -2.11. The first kappa shape index (κ1) is 10.9. The van der Waals surface area contributed by atoms with Gasteiger partial charge < -0.3 is 16.2 Å². The van der Waals surface area contributed by atoms with Gasteiger partial charge in [0.1, 0.15) is 6.04 Å². The summed E-state index contributed by atoms with van der Waals surface area (Å²) in [5, 5.41) is 11.1. The molecule has 1 amide bonds. The number of nitrogens with one attached hydrogen (secondary N) is 1. The average molecular weight is 174 g/mol. The molecule has 0 aliphatic heterocycles. The van der Waals surface area contributed by atoms with Gasteiger partial charge in [-0.1, -0.05) is 6.92 Å². The SMILES string of the molecule is CC(CN[C@H](C)C(=O)O)C(N)=O. The van der Waals surface area contributed by atoms with Crippen LogP contribution in [0.4, 0.5) is 0 Å². The maximum atomic E-state index is 10.5. The third-order valence-corrected chi connectivity index (χ3v) is 1.59. The Kier molecular flexibility index (Phi) is 4.28. The molecule has 0 radical (unpaired) electrons. The molecule has 0 rings (SSSR count). The van der Waals surface area contributed by atoms with Gasteiger partial charge in [0.15, 0.2) is 0 Å². The Hall–Kier alpha value is -1.10. The number of hydrogen-bond acceptors (Lipinski definition) is 3. The van der Waals surface area contributed by atoms with Crippen LogP contribution in [-0.4, -0.2) is 29.6 Å². The van der Waals surface area contributed by atoms with Crippen molar-refractivity contribution in [3.8, 4) is 0 Å². The molecule has 0 aromatic rings. The van der Waals surface area contributed by atoms with Gasteiger partial charge in [0.25, 0.3) is 0 Å². The highest BCUT2D eigenvalue weighted by atomic mass is 16.4.